The molecule has 1 saturated carbocycles. The molecule has 1 aliphatic carbocycles. The van der Waals surface area contributed by atoms with Crippen molar-refractivity contribution in [3.63, 3.8) is 0 Å². The number of aromatic nitrogens is 1. The molecule has 232 valence electrons. The maximum atomic E-state index is 14.0. The molecule has 0 spiro atoms. The summed E-state index contributed by atoms with van der Waals surface area (Å²) in [4.78, 5) is 29.3. The van der Waals surface area contributed by atoms with Gasteiger partial charge in [0, 0.05) is 36.2 Å². The largest absolute Gasteiger partial charge is 0.490 e. The smallest absolute Gasteiger partial charge is 0.387 e. The molecule has 2 amide bonds. The van der Waals surface area contributed by atoms with Crippen LogP contribution in [0.15, 0.2) is 40.8 Å². The number of nitrogens with two attached hydrogens (primary N) is 1. The minimum Gasteiger partial charge on any atom is -0.490 e. The lowest BCUT2D eigenvalue weighted by Crippen LogP contribution is -2.32. The summed E-state index contributed by atoms with van der Waals surface area (Å²) in [6.45, 7) is -1.64. The van der Waals surface area contributed by atoms with Gasteiger partial charge in [0.1, 0.15) is 11.6 Å². The first-order valence-electron chi connectivity index (χ1n) is 14.1. The summed E-state index contributed by atoms with van der Waals surface area (Å²) >= 11 is 0. The summed E-state index contributed by atoms with van der Waals surface area (Å²) in [6.07, 6.45) is 5.59. The van der Waals surface area contributed by atoms with Crippen molar-refractivity contribution in [1.29, 1.82) is 0 Å². The summed E-state index contributed by atoms with van der Waals surface area (Å²) < 4.78 is 69.4. The number of halogens is 4. The molecule has 9 nitrogen and oxygen atoms in total. The zero-order valence-electron chi connectivity index (χ0n) is 23.6. The molecule has 0 radical (unpaired) electrons. The van der Waals surface area contributed by atoms with E-state index in [4.69, 9.17) is 14.9 Å². The van der Waals surface area contributed by atoms with E-state index >= 15 is 0 Å². The van der Waals surface area contributed by atoms with Gasteiger partial charge in [0.25, 0.3) is 5.91 Å². The highest BCUT2D eigenvalue weighted by molar-refractivity contribution is 5.94. The Balaban J connectivity index is 1.43. The number of hydrogen-bond acceptors (Lipinski definition) is 7. The van der Waals surface area contributed by atoms with Gasteiger partial charge in [0.2, 0.25) is 11.8 Å². The van der Waals surface area contributed by atoms with Gasteiger partial charge in [-0.2, -0.15) is 8.78 Å². The number of rotatable bonds is 14. The summed E-state index contributed by atoms with van der Waals surface area (Å²) in [5.41, 5.74) is 6.19. The topological polar surface area (TPSA) is 129 Å². The Kier molecular flexibility index (Phi) is 11.0. The quantitative estimate of drug-likeness (QED) is 0.157. The third kappa shape index (κ3) is 8.93. The molecule has 4 N–H and O–H groups in total. The fraction of sp³-hybridized carbons (Fsp3) is 0.433. The maximum absolute atomic E-state index is 14.0. The molecule has 1 fully saturated rings. The minimum absolute atomic E-state index is 0.00783. The highest BCUT2D eigenvalue weighted by Crippen LogP contribution is 2.35. The molecule has 1 atom stereocenters. The average molecular weight is 607 g/mol. The van der Waals surface area contributed by atoms with Crippen molar-refractivity contribution in [3.05, 3.63) is 65.1 Å². The Labute approximate surface area is 246 Å². The lowest BCUT2D eigenvalue weighted by molar-refractivity contribution is -0.121. The second kappa shape index (κ2) is 14.9. The van der Waals surface area contributed by atoms with Crippen molar-refractivity contribution in [1.82, 2.24) is 15.6 Å². The average Bonchev–Trinajstić information content (AvgIpc) is 3.63. The number of carbonyl (C=O) groups excluding carboxylic acids is 2. The fourth-order valence-electron chi connectivity index (χ4n) is 4.74. The first-order chi connectivity index (χ1) is 20.6. The molecule has 0 saturated heterocycles. The Morgan fingerprint density at radius 2 is 1.86 bits per heavy atom. The minimum atomic E-state index is -3.10. The van der Waals surface area contributed by atoms with Crippen LogP contribution in [0.5, 0.6) is 11.5 Å². The molecular weight excluding hydrogens is 572 g/mol. The van der Waals surface area contributed by atoms with Gasteiger partial charge in [-0.05, 0) is 56.9 Å². The number of unbranched alkanes of at least 4 members (excludes halogenated alkanes) is 1. The molecule has 0 bridgehead atoms. The van der Waals surface area contributed by atoms with E-state index in [-0.39, 0.29) is 65.1 Å². The number of nitrogens with zero attached hydrogens (tertiary/aromatic N) is 1. The third-order valence-electron chi connectivity index (χ3n) is 6.92. The van der Waals surface area contributed by atoms with Crippen molar-refractivity contribution < 1.29 is 41.0 Å². The number of amides is 2. The highest BCUT2D eigenvalue weighted by Gasteiger charge is 2.25. The van der Waals surface area contributed by atoms with Crippen LogP contribution in [-0.4, -0.2) is 36.1 Å². The van der Waals surface area contributed by atoms with Crippen molar-refractivity contribution in [3.8, 4) is 23.0 Å². The molecule has 1 heterocycles. The molecular formula is C30H34F4N4O5. The number of carbonyl (C=O) groups is 2. The van der Waals surface area contributed by atoms with Gasteiger partial charge in [-0.25, -0.2) is 13.8 Å². The summed E-state index contributed by atoms with van der Waals surface area (Å²) in [5.74, 6) is -2.52. The number of ether oxygens (including phenoxy) is 2. The number of nitrogens with one attached hydrogen (secondary N) is 2. The van der Waals surface area contributed by atoms with Crippen LogP contribution >= 0.6 is 0 Å². The Hall–Kier alpha value is -4.13. The van der Waals surface area contributed by atoms with Crippen LogP contribution in [0.3, 0.4) is 0 Å². The third-order valence-corrected chi connectivity index (χ3v) is 6.92. The molecule has 1 aromatic heterocycles. The lowest BCUT2D eigenvalue weighted by atomic mass is 10.2. The van der Waals surface area contributed by atoms with E-state index in [9.17, 15) is 27.2 Å². The lowest BCUT2D eigenvalue weighted by Gasteiger charge is -2.14. The molecule has 0 aliphatic heterocycles. The van der Waals surface area contributed by atoms with E-state index < -0.39 is 30.2 Å². The normalized spacial score (nSPS) is 14.1. The number of benzene rings is 2. The van der Waals surface area contributed by atoms with E-state index in [0.717, 1.165) is 31.7 Å². The first-order valence-corrected chi connectivity index (χ1v) is 14.1. The molecule has 1 unspecified atom stereocenters. The van der Waals surface area contributed by atoms with Gasteiger partial charge < -0.3 is 30.3 Å². The van der Waals surface area contributed by atoms with Gasteiger partial charge in [0.05, 0.1) is 12.6 Å². The van der Waals surface area contributed by atoms with Crippen LogP contribution in [0.2, 0.25) is 0 Å². The van der Waals surface area contributed by atoms with Gasteiger partial charge in [-0.15, -0.1) is 0 Å². The zero-order valence-corrected chi connectivity index (χ0v) is 23.6. The van der Waals surface area contributed by atoms with Crippen LogP contribution in [-0.2, 0) is 11.3 Å². The predicted molar refractivity (Wildman–Crippen MR) is 148 cm³/mol. The van der Waals surface area contributed by atoms with E-state index in [0.29, 0.717) is 25.3 Å². The molecule has 1 aliphatic rings. The summed E-state index contributed by atoms with van der Waals surface area (Å²) in [5, 5.41) is 5.53. The van der Waals surface area contributed by atoms with Crippen LogP contribution in [0.1, 0.15) is 79.7 Å². The summed E-state index contributed by atoms with van der Waals surface area (Å²) in [7, 11) is 0. The highest BCUT2D eigenvalue weighted by atomic mass is 19.3. The van der Waals surface area contributed by atoms with Crippen molar-refractivity contribution in [2.45, 2.75) is 77.1 Å². The first kappa shape index (κ1) is 31.8. The van der Waals surface area contributed by atoms with Crippen molar-refractivity contribution >= 4 is 11.8 Å². The summed E-state index contributed by atoms with van der Waals surface area (Å²) in [6, 6.07) is 6.52. The standard InChI is InChI=1S/C30H34F4N4O5/c1-17(35)27-26(28(40)36-16-19-9-11-20(31)15-22(19)32)38-29(43-27)18-10-12-23(42-30(33)34)24(14-18)41-13-5-4-8-25(39)37-21-6-2-3-7-21/h9-12,14-15,17,21,30H,2-8,13,16,35H2,1H3,(H,36,40)(H,37,39). The van der Waals surface area contributed by atoms with Gasteiger partial charge in [-0.1, -0.05) is 18.9 Å². The van der Waals surface area contributed by atoms with Crippen molar-refractivity contribution in [2.24, 2.45) is 5.73 Å². The molecule has 4 rings (SSSR count). The zero-order chi connectivity index (χ0) is 30.9. The van der Waals surface area contributed by atoms with E-state index in [2.05, 4.69) is 20.4 Å². The Morgan fingerprint density at radius 3 is 2.56 bits per heavy atom. The van der Waals surface area contributed by atoms with Crippen LogP contribution in [0.25, 0.3) is 11.5 Å². The predicted octanol–water partition coefficient (Wildman–Crippen LogP) is 5.78. The molecule has 3 aromatic rings. The number of alkyl halides is 2. The monoisotopic (exact) mass is 606 g/mol. The number of oxazole rings is 1. The second-order valence-electron chi connectivity index (χ2n) is 10.3. The van der Waals surface area contributed by atoms with Gasteiger partial charge >= 0.3 is 6.61 Å². The maximum Gasteiger partial charge on any atom is 0.387 e. The van der Waals surface area contributed by atoms with Crippen molar-refractivity contribution in [2.75, 3.05) is 6.61 Å². The second-order valence-corrected chi connectivity index (χ2v) is 10.3. The molecule has 13 heteroatoms. The van der Waals surface area contributed by atoms with Gasteiger partial charge in [-0.3, -0.25) is 9.59 Å². The molecule has 43 heavy (non-hydrogen) atoms. The Bertz CT molecular complexity index is 1410. The number of hydrogen-bond donors (Lipinski definition) is 3. The van der Waals surface area contributed by atoms with E-state index in [1.165, 1.54) is 24.3 Å². The van der Waals surface area contributed by atoms with Gasteiger partial charge in [0.15, 0.2) is 23.0 Å². The van der Waals surface area contributed by atoms with E-state index in [1.54, 1.807) is 6.92 Å². The Morgan fingerprint density at radius 1 is 1.09 bits per heavy atom. The SMILES string of the molecule is CC(N)c1oc(-c2ccc(OC(F)F)c(OCCCCC(=O)NC3CCCC3)c2)nc1C(=O)NCc1ccc(F)cc1F. The fourth-order valence-corrected chi connectivity index (χ4v) is 4.74. The van der Waals surface area contributed by atoms with Crippen LogP contribution in [0, 0.1) is 11.6 Å². The van der Waals surface area contributed by atoms with Crippen LogP contribution < -0.4 is 25.8 Å². The van der Waals surface area contributed by atoms with Crippen LogP contribution in [0.4, 0.5) is 17.6 Å². The molecule has 2 aromatic carbocycles. The van der Waals surface area contributed by atoms with E-state index in [1.807, 2.05) is 0 Å².